The number of halogens is 1. The molecule has 0 saturated heterocycles. The molecule has 0 aliphatic carbocycles. The molecule has 23 heavy (non-hydrogen) atoms. The quantitative estimate of drug-likeness (QED) is 0.257. The molecule has 0 amide bonds. The number of rotatable bonds is 10. The maximum absolute atomic E-state index is 5.85. The lowest BCUT2D eigenvalue weighted by Crippen LogP contribution is -2.32. The second kappa shape index (κ2) is 13.4. The summed E-state index contributed by atoms with van der Waals surface area (Å²) in [5.41, 5.74) is 6.93. The van der Waals surface area contributed by atoms with Crippen molar-refractivity contribution >= 4 is 29.9 Å². The highest BCUT2D eigenvalue weighted by molar-refractivity contribution is 14.0. The van der Waals surface area contributed by atoms with Crippen LogP contribution >= 0.6 is 24.0 Å². The summed E-state index contributed by atoms with van der Waals surface area (Å²) in [6.07, 6.45) is 1.96. The maximum atomic E-state index is 5.85. The molecule has 0 heterocycles. The van der Waals surface area contributed by atoms with E-state index >= 15 is 0 Å². The van der Waals surface area contributed by atoms with Crippen LogP contribution in [0.2, 0.25) is 0 Å². The van der Waals surface area contributed by atoms with Crippen molar-refractivity contribution in [1.29, 1.82) is 0 Å². The molecule has 0 aliphatic heterocycles. The molecule has 0 radical (unpaired) electrons. The predicted octanol–water partition coefficient (Wildman–Crippen LogP) is 3.17. The van der Waals surface area contributed by atoms with Crippen molar-refractivity contribution in [2.75, 3.05) is 26.9 Å². The minimum absolute atomic E-state index is 0. The standard InChI is InChI=1S/C17H29N3O2.HI/c1-14(2)8-9-19-17(18)20-13-15-6-4-7-16(12-15)22-11-5-10-21-3;/h4,6-7,12,14H,5,8-11,13H2,1-3H3,(H3,18,19,20);1H. The highest BCUT2D eigenvalue weighted by Gasteiger charge is 1.98. The Bertz CT molecular complexity index is 453. The lowest BCUT2D eigenvalue weighted by Gasteiger charge is -2.08. The Balaban J connectivity index is 0.00000484. The van der Waals surface area contributed by atoms with Gasteiger partial charge in [0.2, 0.25) is 0 Å². The molecule has 3 N–H and O–H groups in total. The highest BCUT2D eigenvalue weighted by atomic mass is 127. The smallest absolute Gasteiger partial charge is 0.188 e. The third-order valence-electron chi connectivity index (χ3n) is 3.12. The Morgan fingerprint density at radius 3 is 2.78 bits per heavy atom. The average Bonchev–Trinajstić information content (AvgIpc) is 2.50. The third kappa shape index (κ3) is 11.2. The molecule has 0 saturated carbocycles. The topological polar surface area (TPSA) is 68.9 Å². The number of hydrogen-bond acceptors (Lipinski definition) is 3. The first-order valence-electron chi connectivity index (χ1n) is 7.86. The molecule has 0 unspecified atom stereocenters. The minimum Gasteiger partial charge on any atom is -0.493 e. The molecule has 5 nitrogen and oxygen atoms in total. The van der Waals surface area contributed by atoms with Gasteiger partial charge >= 0.3 is 0 Å². The molecule has 0 aromatic heterocycles. The molecule has 132 valence electrons. The van der Waals surface area contributed by atoms with Gasteiger partial charge in [-0.15, -0.1) is 24.0 Å². The monoisotopic (exact) mass is 435 g/mol. The van der Waals surface area contributed by atoms with Gasteiger partial charge in [-0.05, 0) is 30.0 Å². The fourth-order valence-corrected chi connectivity index (χ4v) is 1.85. The second-order valence-corrected chi connectivity index (χ2v) is 5.65. The van der Waals surface area contributed by atoms with Crippen molar-refractivity contribution < 1.29 is 9.47 Å². The number of aliphatic imine (C=N–C) groups is 1. The van der Waals surface area contributed by atoms with Gasteiger partial charge in [0.25, 0.3) is 0 Å². The van der Waals surface area contributed by atoms with E-state index in [1.54, 1.807) is 7.11 Å². The van der Waals surface area contributed by atoms with Crippen LogP contribution in [0.5, 0.6) is 5.75 Å². The minimum atomic E-state index is 0. The van der Waals surface area contributed by atoms with Gasteiger partial charge in [-0.25, -0.2) is 4.99 Å². The average molecular weight is 435 g/mol. The summed E-state index contributed by atoms with van der Waals surface area (Å²) >= 11 is 0. The molecule has 0 atom stereocenters. The Kier molecular flexibility index (Phi) is 12.8. The number of nitrogens with one attached hydrogen (secondary N) is 1. The number of nitrogens with two attached hydrogens (primary N) is 1. The van der Waals surface area contributed by atoms with E-state index < -0.39 is 0 Å². The van der Waals surface area contributed by atoms with Crippen LogP contribution in [-0.2, 0) is 11.3 Å². The van der Waals surface area contributed by atoms with Crippen molar-refractivity contribution in [3.8, 4) is 5.75 Å². The maximum Gasteiger partial charge on any atom is 0.188 e. The summed E-state index contributed by atoms with van der Waals surface area (Å²) in [6.45, 7) is 7.15. The first-order chi connectivity index (χ1) is 10.6. The van der Waals surface area contributed by atoms with E-state index in [4.69, 9.17) is 15.2 Å². The van der Waals surface area contributed by atoms with Gasteiger partial charge in [0.05, 0.1) is 13.2 Å². The van der Waals surface area contributed by atoms with Crippen molar-refractivity contribution in [3.05, 3.63) is 29.8 Å². The van der Waals surface area contributed by atoms with E-state index in [9.17, 15) is 0 Å². The lowest BCUT2D eigenvalue weighted by molar-refractivity contribution is 0.172. The molecule has 1 aromatic carbocycles. The molecule has 0 fully saturated rings. The molecule has 6 heteroatoms. The van der Waals surface area contributed by atoms with Crippen LogP contribution in [0.4, 0.5) is 0 Å². The van der Waals surface area contributed by atoms with Crippen LogP contribution in [0, 0.1) is 5.92 Å². The van der Waals surface area contributed by atoms with E-state index in [2.05, 4.69) is 24.2 Å². The largest absolute Gasteiger partial charge is 0.493 e. The van der Waals surface area contributed by atoms with Crippen molar-refractivity contribution in [3.63, 3.8) is 0 Å². The van der Waals surface area contributed by atoms with Crippen molar-refractivity contribution in [2.24, 2.45) is 16.6 Å². The SMILES string of the molecule is COCCCOc1cccc(CN=C(N)NCCC(C)C)c1.I. The summed E-state index contributed by atoms with van der Waals surface area (Å²) < 4.78 is 10.7. The Hall–Kier alpha value is -1.02. The zero-order chi connectivity index (χ0) is 16.2. The number of ether oxygens (including phenoxy) is 2. The fourth-order valence-electron chi connectivity index (χ4n) is 1.85. The lowest BCUT2D eigenvalue weighted by atomic mass is 10.1. The number of guanidine groups is 1. The summed E-state index contributed by atoms with van der Waals surface area (Å²) in [6, 6.07) is 7.94. The highest BCUT2D eigenvalue weighted by Crippen LogP contribution is 2.14. The molecule has 0 bridgehead atoms. The van der Waals surface area contributed by atoms with Gasteiger partial charge in [0, 0.05) is 26.7 Å². The number of methoxy groups -OCH3 is 1. The van der Waals surface area contributed by atoms with E-state index in [0.717, 1.165) is 30.7 Å². The Labute approximate surface area is 157 Å². The molecule has 1 rings (SSSR count). The number of benzene rings is 1. The molecule has 0 aliphatic rings. The second-order valence-electron chi connectivity index (χ2n) is 5.65. The Morgan fingerprint density at radius 1 is 1.30 bits per heavy atom. The number of nitrogens with zero attached hydrogens (tertiary/aromatic N) is 1. The van der Waals surface area contributed by atoms with Gasteiger partial charge in [-0.1, -0.05) is 26.0 Å². The van der Waals surface area contributed by atoms with Crippen LogP contribution in [0.25, 0.3) is 0 Å². The summed E-state index contributed by atoms with van der Waals surface area (Å²) in [5.74, 6) is 2.01. The van der Waals surface area contributed by atoms with Gasteiger partial charge < -0.3 is 20.5 Å². The summed E-state index contributed by atoms with van der Waals surface area (Å²) in [7, 11) is 1.69. The predicted molar refractivity (Wildman–Crippen MR) is 107 cm³/mol. The summed E-state index contributed by atoms with van der Waals surface area (Å²) in [5, 5.41) is 3.13. The van der Waals surface area contributed by atoms with E-state index in [-0.39, 0.29) is 24.0 Å². The molecular weight excluding hydrogens is 405 g/mol. The zero-order valence-corrected chi connectivity index (χ0v) is 16.7. The molecule has 1 aromatic rings. The van der Waals surface area contributed by atoms with Crippen LogP contribution in [0.3, 0.4) is 0 Å². The van der Waals surface area contributed by atoms with Crippen LogP contribution in [0.15, 0.2) is 29.3 Å². The first-order valence-corrected chi connectivity index (χ1v) is 7.86. The van der Waals surface area contributed by atoms with Crippen LogP contribution < -0.4 is 15.8 Å². The first kappa shape index (κ1) is 22.0. The van der Waals surface area contributed by atoms with Gasteiger partial charge in [-0.3, -0.25) is 0 Å². The van der Waals surface area contributed by atoms with Crippen molar-refractivity contribution in [2.45, 2.75) is 33.2 Å². The van der Waals surface area contributed by atoms with Gasteiger partial charge in [-0.2, -0.15) is 0 Å². The van der Waals surface area contributed by atoms with E-state index in [0.29, 0.717) is 31.6 Å². The normalized spacial score (nSPS) is 11.2. The summed E-state index contributed by atoms with van der Waals surface area (Å²) in [4.78, 5) is 4.35. The zero-order valence-electron chi connectivity index (χ0n) is 14.4. The van der Waals surface area contributed by atoms with Crippen LogP contribution in [-0.4, -0.2) is 32.8 Å². The fraction of sp³-hybridized carbons (Fsp3) is 0.588. The van der Waals surface area contributed by atoms with Gasteiger partial charge in [0.15, 0.2) is 5.96 Å². The third-order valence-corrected chi connectivity index (χ3v) is 3.12. The molecule has 0 spiro atoms. The number of hydrogen-bond donors (Lipinski definition) is 2. The van der Waals surface area contributed by atoms with Gasteiger partial charge in [0.1, 0.15) is 5.75 Å². The molecular formula is C17H30IN3O2. The Morgan fingerprint density at radius 2 is 2.09 bits per heavy atom. The van der Waals surface area contributed by atoms with Crippen molar-refractivity contribution in [1.82, 2.24) is 5.32 Å². The van der Waals surface area contributed by atoms with Crippen LogP contribution in [0.1, 0.15) is 32.3 Å². The van der Waals surface area contributed by atoms with E-state index in [1.807, 2.05) is 24.3 Å². The van der Waals surface area contributed by atoms with E-state index in [1.165, 1.54) is 0 Å².